The van der Waals surface area contributed by atoms with Gasteiger partial charge in [0, 0.05) is 5.56 Å². The predicted molar refractivity (Wildman–Crippen MR) is 107 cm³/mol. The van der Waals surface area contributed by atoms with Crippen molar-refractivity contribution in [2.45, 2.75) is 44.9 Å². The van der Waals surface area contributed by atoms with E-state index in [2.05, 4.69) is 6.92 Å². The third kappa shape index (κ3) is 3.81. The van der Waals surface area contributed by atoms with Crippen molar-refractivity contribution in [3.05, 3.63) is 94.1 Å². The Balaban J connectivity index is 1.63. The number of hydrogen-bond acceptors (Lipinski definition) is 0. The molecule has 0 saturated heterocycles. The molecule has 1 unspecified atom stereocenters. The first kappa shape index (κ1) is 19.7. The molecule has 0 radical (unpaired) electrons. The Morgan fingerprint density at radius 2 is 1.69 bits per heavy atom. The highest BCUT2D eigenvalue weighted by atomic mass is 19.2. The molecule has 0 spiro atoms. The van der Waals surface area contributed by atoms with Gasteiger partial charge in [-0.2, -0.15) is 0 Å². The molecule has 4 rings (SSSR count). The second-order valence-corrected chi connectivity index (χ2v) is 7.74. The molecule has 3 aromatic rings. The van der Waals surface area contributed by atoms with Crippen LogP contribution in [0.3, 0.4) is 0 Å². The van der Waals surface area contributed by atoms with Gasteiger partial charge in [0.1, 0.15) is 11.6 Å². The summed E-state index contributed by atoms with van der Waals surface area (Å²) in [6.07, 6.45) is 3.51. The maximum absolute atomic E-state index is 15.1. The SMILES string of the molecule is CCCc1ccc(C2CCc3c(ccc(-c4ccc(F)c(F)c4)c3F)C2)c(F)c1. The highest BCUT2D eigenvalue weighted by molar-refractivity contribution is 5.66. The molecule has 29 heavy (non-hydrogen) atoms. The van der Waals surface area contributed by atoms with Gasteiger partial charge in [0.05, 0.1) is 0 Å². The van der Waals surface area contributed by atoms with Crippen LogP contribution in [0.25, 0.3) is 11.1 Å². The summed E-state index contributed by atoms with van der Waals surface area (Å²) in [5.74, 6) is -2.54. The molecule has 4 heteroatoms. The molecule has 3 aromatic carbocycles. The lowest BCUT2D eigenvalue weighted by Crippen LogP contribution is -2.16. The van der Waals surface area contributed by atoms with E-state index in [1.54, 1.807) is 12.1 Å². The van der Waals surface area contributed by atoms with Gasteiger partial charge in [-0.25, -0.2) is 17.6 Å². The molecule has 1 aliphatic carbocycles. The van der Waals surface area contributed by atoms with Crippen LogP contribution in [0.5, 0.6) is 0 Å². The van der Waals surface area contributed by atoms with Crippen LogP contribution in [0.4, 0.5) is 17.6 Å². The van der Waals surface area contributed by atoms with Gasteiger partial charge >= 0.3 is 0 Å². The van der Waals surface area contributed by atoms with Gasteiger partial charge in [-0.05, 0) is 77.6 Å². The smallest absolute Gasteiger partial charge is 0.159 e. The van der Waals surface area contributed by atoms with Crippen molar-refractivity contribution >= 4 is 0 Å². The van der Waals surface area contributed by atoms with Crippen LogP contribution in [0.2, 0.25) is 0 Å². The lowest BCUT2D eigenvalue weighted by Gasteiger charge is -2.26. The second kappa shape index (κ2) is 8.02. The standard InChI is InChI=1S/C25H22F4/c1-2-3-15-4-8-19(23(27)12-15)16-5-9-20-17(13-16)6-10-21(25(20)29)18-7-11-22(26)24(28)14-18/h4,6-8,10-12,14,16H,2-3,5,9,13H2,1H3. The van der Waals surface area contributed by atoms with E-state index in [1.807, 2.05) is 18.2 Å². The van der Waals surface area contributed by atoms with Crippen LogP contribution >= 0.6 is 0 Å². The fourth-order valence-corrected chi connectivity index (χ4v) is 4.31. The predicted octanol–water partition coefficient (Wildman–Crippen LogP) is 7.14. The Labute approximate surface area is 168 Å². The number of benzene rings is 3. The summed E-state index contributed by atoms with van der Waals surface area (Å²) >= 11 is 0. The maximum atomic E-state index is 15.1. The van der Waals surface area contributed by atoms with Crippen LogP contribution in [-0.2, 0) is 19.3 Å². The third-order valence-corrected chi connectivity index (χ3v) is 5.82. The average Bonchev–Trinajstić information content (AvgIpc) is 2.71. The number of hydrogen-bond donors (Lipinski definition) is 0. The zero-order valence-corrected chi connectivity index (χ0v) is 16.2. The molecular weight excluding hydrogens is 376 g/mol. The topological polar surface area (TPSA) is 0 Å². The van der Waals surface area contributed by atoms with Gasteiger partial charge in [-0.15, -0.1) is 0 Å². The fraction of sp³-hybridized carbons (Fsp3) is 0.280. The summed E-state index contributed by atoms with van der Waals surface area (Å²) in [6.45, 7) is 2.06. The van der Waals surface area contributed by atoms with Crippen molar-refractivity contribution < 1.29 is 17.6 Å². The van der Waals surface area contributed by atoms with Gasteiger partial charge in [-0.1, -0.05) is 43.7 Å². The lowest BCUT2D eigenvalue weighted by molar-refractivity contribution is 0.508. The molecule has 1 atom stereocenters. The van der Waals surface area contributed by atoms with Crippen LogP contribution in [0, 0.1) is 23.3 Å². The monoisotopic (exact) mass is 398 g/mol. The molecule has 150 valence electrons. The van der Waals surface area contributed by atoms with Crippen LogP contribution in [-0.4, -0.2) is 0 Å². The minimum absolute atomic E-state index is 0.00620. The Hall–Kier alpha value is -2.62. The van der Waals surface area contributed by atoms with E-state index in [-0.39, 0.29) is 17.3 Å². The quantitative estimate of drug-likeness (QED) is 0.410. The van der Waals surface area contributed by atoms with E-state index in [0.717, 1.165) is 36.1 Å². The summed E-state index contributed by atoms with van der Waals surface area (Å²) in [5, 5.41) is 0. The highest BCUT2D eigenvalue weighted by Gasteiger charge is 2.26. The molecule has 0 heterocycles. The summed E-state index contributed by atoms with van der Waals surface area (Å²) in [5.41, 5.74) is 3.68. The second-order valence-electron chi connectivity index (χ2n) is 7.74. The lowest BCUT2D eigenvalue weighted by atomic mass is 9.78. The molecular formula is C25H22F4. The van der Waals surface area contributed by atoms with Crippen LogP contribution < -0.4 is 0 Å². The Morgan fingerprint density at radius 3 is 2.41 bits per heavy atom. The molecule has 0 aliphatic heterocycles. The number of rotatable bonds is 4. The van der Waals surface area contributed by atoms with Crippen LogP contribution in [0.1, 0.15) is 47.9 Å². The Bertz CT molecular complexity index is 1050. The zero-order chi connectivity index (χ0) is 20.5. The minimum atomic E-state index is -0.998. The summed E-state index contributed by atoms with van der Waals surface area (Å²) in [4.78, 5) is 0. The van der Waals surface area contributed by atoms with E-state index in [0.29, 0.717) is 36.0 Å². The van der Waals surface area contributed by atoms with Crippen molar-refractivity contribution in [3.8, 4) is 11.1 Å². The number of fused-ring (bicyclic) bond motifs is 1. The highest BCUT2D eigenvalue weighted by Crippen LogP contribution is 2.38. The van der Waals surface area contributed by atoms with Crippen molar-refractivity contribution in [2.24, 2.45) is 0 Å². The molecule has 0 amide bonds. The Kier molecular flexibility index (Phi) is 5.44. The molecule has 0 N–H and O–H groups in total. The molecule has 0 bridgehead atoms. The normalized spacial score (nSPS) is 16.0. The van der Waals surface area contributed by atoms with Gasteiger partial charge in [0.25, 0.3) is 0 Å². The van der Waals surface area contributed by atoms with E-state index in [4.69, 9.17) is 0 Å². The average molecular weight is 398 g/mol. The van der Waals surface area contributed by atoms with E-state index < -0.39 is 17.5 Å². The Morgan fingerprint density at radius 1 is 0.862 bits per heavy atom. The zero-order valence-electron chi connectivity index (χ0n) is 16.2. The summed E-state index contributed by atoms with van der Waals surface area (Å²) in [6, 6.07) is 12.3. The maximum Gasteiger partial charge on any atom is 0.159 e. The fourth-order valence-electron chi connectivity index (χ4n) is 4.31. The van der Waals surface area contributed by atoms with E-state index >= 15 is 4.39 Å². The number of halogens is 4. The van der Waals surface area contributed by atoms with Gasteiger partial charge < -0.3 is 0 Å². The molecule has 0 aromatic heterocycles. The minimum Gasteiger partial charge on any atom is -0.207 e. The molecule has 1 aliphatic rings. The van der Waals surface area contributed by atoms with E-state index in [1.165, 1.54) is 6.07 Å². The third-order valence-electron chi connectivity index (χ3n) is 5.82. The van der Waals surface area contributed by atoms with Crippen molar-refractivity contribution in [2.75, 3.05) is 0 Å². The molecule has 0 fully saturated rings. The summed E-state index contributed by atoms with van der Waals surface area (Å²) in [7, 11) is 0. The molecule has 0 nitrogen and oxygen atoms in total. The van der Waals surface area contributed by atoms with Crippen molar-refractivity contribution in [3.63, 3.8) is 0 Å². The molecule has 0 saturated carbocycles. The first-order valence-corrected chi connectivity index (χ1v) is 10.0. The van der Waals surface area contributed by atoms with Gasteiger partial charge in [0.2, 0.25) is 0 Å². The van der Waals surface area contributed by atoms with Crippen molar-refractivity contribution in [1.82, 2.24) is 0 Å². The van der Waals surface area contributed by atoms with Crippen LogP contribution in [0.15, 0.2) is 48.5 Å². The first-order chi connectivity index (χ1) is 14.0. The largest absolute Gasteiger partial charge is 0.207 e. The summed E-state index contributed by atoms with van der Waals surface area (Å²) < 4.78 is 56.5. The number of aryl methyl sites for hydroxylation is 1. The van der Waals surface area contributed by atoms with Gasteiger partial charge in [-0.3, -0.25) is 0 Å². The first-order valence-electron chi connectivity index (χ1n) is 10.0. The van der Waals surface area contributed by atoms with Gasteiger partial charge in [0.15, 0.2) is 11.6 Å². The van der Waals surface area contributed by atoms with E-state index in [9.17, 15) is 13.2 Å². The van der Waals surface area contributed by atoms with Crippen molar-refractivity contribution in [1.29, 1.82) is 0 Å².